The summed E-state index contributed by atoms with van der Waals surface area (Å²) in [4.78, 5) is 11.5. The second kappa shape index (κ2) is 6.47. The Kier molecular flexibility index (Phi) is 5.20. The van der Waals surface area contributed by atoms with E-state index in [9.17, 15) is 4.79 Å². The number of hydrogen-bond donors (Lipinski definition) is 2. The van der Waals surface area contributed by atoms with Gasteiger partial charge in [0, 0.05) is 13.2 Å². The zero-order chi connectivity index (χ0) is 11.1. The fraction of sp³-hybridized carbons (Fsp3) is 0.667. The summed E-state index contributed by atoms with van der Waals surface area (Å²) in [5, 5.41) is 11.6. The molecule has 0 spiro atoms. The molecule has 1 aromatic rings. The van der Waals surface area contributed by atoms with E-state index in [4.69, 9.17) is 5.11 Å². The van der Waals surface area contributed by atoms with Crippen molar-refractivity contribution in [2.24, 2.45) is 5.92 Å². The van der Waals surface area contributed by atoms with Gasteiger partial charge in [-0.1, -0.05) is 13.3 Å². The Morgan fingerprint density at radius 1 is 1.73 bits per heavy atom. The van der Waals surface area contributed by atoms with Crippen molar-refractivity contribution in [2.75, 3.05) is 13.2 Å². The van der Waals surface area contributed by atoms with E-state index in [0.29, 0.717) is 24.6 Å². The van der Waals surface area contributed by atoms with Crippen molar-refractivity contribution in [2.45, 2.75) is 19.8 Å². The third-order valence-corrected chi connectivity index (χ3v) is 2.74. The first-order valence-electron chi connectivity index (χ1n) is 4.94. The van der Waals surface area contributed by atoms with Crippen molar-refractivity contribution in [3.05, 3.63) is 11.9 Å². The van der Waals surface area contributed by atoms with Crippen molar-refractivity contribution in [3.8, 4) is 0 Å². The van der Waals surface area contributed by atoms with Gasteiger partial charge in [0.2, 0.25) is 0 Å². The smallest absolute Gasteiger partial charge is 0.272 e. The van der Waals surface area contributed by atoms with Crippen LogP contribution in [0.15, 0.2) is 6.20 Å². The summed E-state index contributed by atoms with van der Waals surface area (Å²) in [6.45, 7) is 2.77. The van der Waals surface area contributed by atoms with E-state index >= 15 is 0 Å². The molecule has 0 aliphatic heterocycles. The predicted molar refractivity (Wildman–Crippen MR) is 57.7 cm³/mol. The SMILES string of the molecule is CCC(CCO)CNC(=O)c1cnsn1. The van der Waals surface area contributed by atoms with Crippen LogP contribution in [0.1, 0.15) is 30.3 Å². The molecular weight excluding hydrogens is 214 g/mol. The van der Waals surface area contributed by atoms with Crippen LogP contribution in [0.3, 0.4) is 0 Å². The summed E-state index contributed by atoms with van der Waals surface area (Å²) in [7, 11) is 0. The number of hydrogen-bond acceptors (Lipinski definition) is 5. The molecule has 1 heterocycles. The van der Waals surface area contributed by atoms with E-state index < -0.39 is 0 Å². The number of aliphatic hydroxyl groups is 1. The van der Waals surface area contributed by atoms with Crippen LogP contribution in [0.5, 0.6) is 0 Å². The number of nitrogens with one attached hydrogen (secondary N) is 1. The van der Waals surface area contributed by atoms with Gasteiger partial charge in [0.05, 0.1) is 17.9 Å². The molecule has 15 heavy (non-hydrogen) atoms. The van der Waals surface area contributed by atoms with Gasteiger partial charge in [-0.3, -0.25) is 4.79 Å². The van der Waals surface area contributed by atoms with Crippen LogP contribution in [-0.2, 0) is 0 Å². The Morgan fingerprint density at radius 3 is 3.07 bits per heavy atom. The maximum atomic E-state index is 11.5. The molecule has 84 valence electrons. The number of aromatic nitrogens is 2. The summed E-state index contributed by atoms with van der Waals surface area (Å²) in [5.74, 6) is 0.130. The molecule has 0 bridgehead atoms. The fourth-order valence-electron chi connectivity index (χ4n) is 1.23. The lowest BCUT2D eigenvalue weighted by Crippen LogP contribution is -2.29. The maximum Gasteiger partial charge on any atom is 0.272 e. The quantitative estimate of drug-likeness (QED) is 0.752. The molecular formula is C9H15N3O2S. The standard InChI is InChI=1S/C9H15N3O2S/c1-2-7(3-4-13)5-10-9(14)8-6-11-15-12-8/h6-7,13H,2-5H2,1H3,(H,10,14). The van der Waals surface area contributed by atoms with Gasteiger partial charge in [-0.2, -0.15) is 8.75 Å². The van der Waals surface area contributed by atoms with Crippen LogP contribution in [0.4, 0.5) is 0 Å². The summed E-state index contributed by atoms with van der Waals surface area (Å²) in [5.41, 5.74) is 0.360. The van der Waals surface area contributed by atoms with Gasteiger partial charge < -0.3 is 10.4 Å². The van der Waals surface area contributed by atoms with Crippen LogP contribution >= 0.6 is 11.7 Å². The van der Waals surface area contributed by atoms with Gasteiger partial charge in [0.1, 0.15) is 0 Å². The molecule has 1 rings (SSSR count). The van der Waals surface area contributed by atoms with Gasteiger partial charge >= 0.3 is 0 Å². The van der Waals surface area contributed by atoms with E-state index in [2.05, 4.69) is 14.1 Å². The summed E-state index contributed by atoms with van der Waals surface area (Å²) < 4.78 is 7.59. The van der Waals surface area contributed by atoms with Gasteiger partial charge in [0.25, 0.3) is 5.91 Å². The highest BCUT2D eigenvalue weighted by Gasteiger charge is 2.11. The van der Waals surface area contributed by atoms with Crippen molar-refractivity contribution in [1.82, 2.24) is 14.1 Å². The molecule has 1 atom stereocenters. The number of amides is 1. The van der Waals surface area contributed by atoms with Gasteiger partial charge in [-0.05, 0) is 12.3 Å². The molecule has 6 heteroatoms. The van der Waals surface area contributed by atoms with Crippen molar-refractivity contribution < 1.29 is 9.90 Å². The molecule has 1 aromatic heterocycles. The molecule has 0 aromatic carbocycles. The Bertz CT molecular complexity index is 290. The second-order valence-electron chi connectivity index (χ2n) is 3.29. The van der Waals surface area contributed by atoms with Crippen LogP contribution in [0.2, 0.25) is 0 Å². The molecule has 0 aliphatic carbocycles. The minimum Gasteiger partial charge on any atom is -0.396 e. The van der Waals surface area contributed by atoms with Crippen LogP contribution in [0, 0.1) is 5.92 Å². The number of rotatable bonds is 6. The average molecular weight is 229 g/mol. The van der Waals surface area contributed by atoms with E-state index in [-0.39, 0.29) is 12.5 Å². The minimum atomic E-state index is -0.194. The first-order valence-corrected chi connectivity index (χ1v) is 5.67. The highest BCUT2D eigenvalue weighted by Crippen LogP contribution is 2.06. The van der Waals surface area contributed by atoms with Crippen molar-refractivity contribution in [1.29, 1.82) is 0 Å². The average Bonchev–Trinajstić information content (AvgIpc) is 2.77. The van der Waals surface area contributed by atoms with Crippen LogP contribution in [-0.4, -0.2) is 32.9 Å². The fourth-order valence-corrected chi connectivity index (χ4v) is 1.64. The summed E-state index contributed by atoms with van der Waals surface area (Å²) in [6.07, 6.45) is 3.11. The molecule has 0 saturated heterocycles. The third kappa shape index (κ3) is 3.93. The third-order valence-electron chi connectivity index (χ3n) is 2.26. The van der Waals surface area contributed by atoms with E-state index in [1.54, 1.807) is 0 Å². The monoisotopic (exact) mass is 229 g/mol. The Morgan fingerprint density at radius 2 is 2.53 bits per heavy atom. The Balaban J connectivity index is 2.33. The normalized spacial score (nSPS) is 12.4. The molecule has 0 aliphatic rings. The molecule has 2 N–H and O–H groups in total. The highest BCUT2D eigenvalue weighted by atomic mass is 32.1. The van der Waals surface area contributed by atoms with Gasteiger partial charge in [-0.25, -0.2) is 0 Å². The minimum absolute atomic E-state index is 0.159. The highest BCUT2D eigenvalue weighted by molar-refractivity contribution is 6.99. The molecule has 1 unspecified atom stereocenters. The summed E-state index contributed by atoms with van der Waals surface area (Å²) >= 11 is 1.02. The Hall–Kier alpha value is -1.01. The number of carbonyl (C=O) groups excluding carboxylic acids is 1. The molecule has 5 nitrogen and oxygen atoms in total. The number of nitrogens with zero attached hydrogens (tertiary/aromatic N) is 2. The largest absolute Gasteiger partial charge is 0.396 e. The molecule has 0 saturated carbocycles. The maximum absolute atomic E-state index is 11.5. The van der Waals surface area contributed by atoms with Crippen LogP contribution in [0.25, 0.3) is 0 Å². The van der Waals surface area contributed by atoms with Gasteiger partial charge in [-0.15, -0.1) is 0 Å². The topological polar surface area (TPSA) is 75.1 Å². The van der Waals surface area contributed by atoms with Gasteiger partial charge in [0.15, 0.2) is 5.69 Å². The van der Waals surface area contributed by atoms with Crippen molar-refractivity contribution >= 4 is 17.6 Å². The van der Waals surface area contributed by atoms with Crippen LogP contribution < -0.4 is 5.32 Å². The Labute approximate surface area is 92.9 Å². The number of aliphatic hydroxyl groups excluding tert-OH is 1. The number of carbonyl (C=O) groups is 1. The molecule has 1 amide bonds. The molecule has 0 radical (unpaired) electrons. The first-order chi connectivity index (χ1) is 7.27. The van der Waals surface area contributed by atoms with E-state index in [1.165, 1.54) is 6.20 Å². The first kappa shape index (κ1) is 12.1. The second-order valence-corrected chi connectivity index (χ2v) is 3.85. The summed E-state index contributed by atoms with van der Waals surface area (Å²) in [6, 6.07) is 0. The lowest BCUT2D eigenvalue weighted by molar-refractivity contribution is 0.0939. The zero-order valence-electron chi connectivity index (χ0n) is 8.64. The lowest BCUT2D eigenvalue weighted by Gasteiger charge is -2.13. The lowest BCUT2D eigenvalue weighted by atomic mass is 10.0. The van der Waals surface area contributed by atoms with Crippen molar-refractivity contribution in [3.63, 3.8) is 0 Å². The molecule has 0 fully saturated rings. The predicted octanol–water partition coefficient (Wildman–Crippen LogP) is 0.676. The zero-order valence-corrected chi connectivity index (χ0v) is 9.46. The van der Waals surface area contributed by atoms with E-state index in [1.807, 2.05) is 6.92 Å². The van der Waals surface area contributed by atoms with E-state index in [0.717, 1.165) is 18.1 Å².